The smallest absolute Gasteiger partial charge is 0.136 e. The monoisotopic (exact) mass is 368 g/mol. The molecule has 2 N–H and O–H groups in total. The molecule has 116 valence electrons. The molecule has 0 atom stereocenters. The number of benzene rings is 2. The summed E-state index contributed by atoms with van der Waals surface area (Å²) in [5.41, 5.74) is 3.17. The van der Waals surface area contributed by atoms with Crippen molar-refractivity contribution < 1.29 is 0 Å². The van der Waals surface area contributed by atoms with E-state index in [1.165, 1.54) is 0 Å². The highest BCUT2D eigenvalue weighted by Gasteiger charge is 2.05. The fourth-order valence-corrected chi connectivity index (χ4v) is 2.75. The third-order valence-electron chi connectivity index (χ3n) is 3.34. The average molecular weight is 369 g/mol. The lowest BCUT2D eigenvalue weighted by Crippen LogP contribution is -2.02. The Hall–Kier alpha value is -2.40. The molecule has 0 radical (unpaired) electrons. The largest absolute Gasteiger partial charge is 0.340 e. The van der Waals surface area contributed by atoms with Crippen molar-refractivity contribution in [2.24, 2.45) is 0 Å². The van der Waals surface area contributed by atoms with Crippen LogP contribution in [0.25, 0.3) is 0 Å². The molecule has 1 aromatic heterocycles. The first-order valence-electron chi connectivity index (χ1n) is 7.31. The van der Waals surface area contributed by atoms with Crippen LogP contribution in [0.5, 0.6) is 0 Å². The summed E-state index contributed by atoms with van der Waals surface area (Å²) in [6, 6.07) is 18.0. The van der Waals surface area contributed by atoms with E-state index >= 15 is 0 Å². The highest BCUT2D eigenvalue weighted by atomic mass is 79.9. The van der Waals surface area contributed by atoms with Crippen molar-refractivity contribution in [2.45, 2.75) is 13.8 Å². The van der Waals surface area contributed by atoms with E-state index in [0.717, 1.165) is 33.0 Å². The number of nitrogens with zero attached hydrogens (tertiary/aromatic N) is 2. The summed E-state index contributed by atoms with van der Waals surface area (Å²) in [5, 5.41) is 6.65. The number of aromatic nitrogens is 2. The van der Waals surface area contributed by atoms with Crippen LogP contribution in [0, 0.1) is 13.8 Å². The van der Waals surface area contributed by atoms with Crippen LogP contribution in [0.15, 0.2) is 59.1 Å². The molecule has 0 aliphatic rings. The van der Waals surface area contributed by atoms with E-state index in [1.54, 1.807) is 0 Å². The van der Waals surface area contributed by atoms with E-state index in [4.69, 9.17) is 0 Å². The van der Waals surface area contributed by atoms with Crippen LogP contribution in [0.3, 0.4) is 0 Å². The molecule has 1 heterocycles. The average Bonchev–Trinajstić information content (AvgIpc) is 2.50. The number of para-hydroxylation sites is 1. The Labute approximate surface area is 144 Å². The maximum absolute atomic E-state index is 4.46. The first kappa shape index (κ1) is 15.5. The maximum atomic E-state index is 4.46. The summed E-state index contributed by atoms with van der Waals surface area (Å²) in [7, 11) is 0. The molecule has 0 unspecified atom stereocenters. The van der Waals surface area contributed by atoms with Gasteiger partial charge in [0.15, 0.2) is 0 Å². The molecule has 0 fully saturated rings. The van der Waals surface area contributed by atoms with E-state index in [-0.39, 0.29) is 0 Å². The van der Waals surface area contributed by atoms with E-state index in [2.05, 4.69) is 49.5 Å². The molecule has 0 amide bonds. The van der Waals surface area contributed by atoms with Crippen molar-refractivity contribution in [3.63, 3.8) is 0 Å². The number of rotatable bonds is 4. The van der Waals surface area contributed by atoms with Gasteiger partial charge in [0, 0.05) is 21.9 Å². The van der Waals surface area contributed by atoms with E-state index < -0.39 is 0 Å². The van der Waals surface area contributed by atoms with Crippen LogP contribution < -0.4 is 10.6 Å². The van der Waals surface area contributed by atoms with Gasteiger partial charge in [0.05, 0.1) is 0 Å². The minimum absolute atomic E-state index is 0.711. The Morgan fingerprint density at radius 1 is 0.826 bits per heavy atom. The molecule has 3 aromatic rings. The Bertz CT molecular complexity index is 819. The van der Waals surface area contributed by atoms with Crippen molar-refractivity contribution in [2.75, 3.05) is 10.6 Å². The van der Waals surface area contributed by atoms with Gasteiger partial charge in [-0.3, -0.25) is 0 Å². The summed E-state index contributed by atoms with van der Waals surface area (Å²) in [6.07, 6.45) is 0. The molecule has 23 heavy (non-hydrogen) atoms. The van der Waals surface area contributed by atoms with Crippen LogP contribution >= 0.6 is 15.9 Å². The Balaban J connectivity index is 1.85. The van der Waals surface area contributed by atoms with Gasteiger partial charge in [0.2, 0.25) is 0 Å². The zero-order valence-electron chi connectivity index (χ0n) is 13.0. The third kappa shape index (κ3) is 4.07. The maximum Gasteiger partial charge on any atom is 0.136 e. The number of nitrogens with one attached hydrogen (secondary N) is 2. The quantitative estimate of drug-likeness (QED) is 0.652. The second-order valence-corrected chi connectivity index (χ2v) is 6.18. The number of hydrogen-bond donors (Lipinski definition) is 2. The molecular formula is C18H17BrN4. The Kier molecular flexibility index (Phi) is 4.57. The van der Waals surface area contributed by atoms with Crippen molar-refractivity contribution in [1.29, 1.82) is 0 Å². The second kappa shape index (κ2) is 6.79. The fraction of sp³-hybridized carbons (Fsp3) is 0.111. The van der Waals surface area contributed by atoms with Crippen LogP contribution in [0.1, 0.15) is 11.4 Å². The third-order valence-corrected chi connectivity index (χ3v) is 3.83. The van der Waals surface area contributed by atoms with Gasteiger partial charge < -0.3 is 10.6 Å². The minimum Gasteiger partial charge on any atom is -0.340 e. The van der Waals surface area contributed by atoms with Crippen LogP contribution in [-0.4, -0.2) is 9.97 Å². The lowest BCUT2D eigenvalue weighted by Gasteiger charge is -2.12. The van der Waals surface area contributed by atoms with Crippen LogP contribution in [0.2, 0.25) is 0 Å². The second-order valence-electron chi connectivity index (χ2n) is 5.26. The Morgan fingerprint density at radius 3 is 2.22 bits per heavy atom. The lowest BCUT2D eigenvalue weighted by atomic mass is 10.2. The highest BCUT2D eigenvalue weighted by molar-refractivity contribution is 9.10. The van der Waals surface area contributed by atoms with E-state index in [1.807, 2.05) is 55.5 Å². The van der Waals surface area contributed by atoms with Gasteiger partial charge in [-0.25, -0.2) is 9.97 Å². The van der Waals surface area contributed by atoms with Gasteiger partial charge >= 0.3 is 0 Å². The van der Waals surface area contributed by atoms with Gasteiger partial charge in [0.25, 0.3) is 0 Å². The van der Waals surface area contributed by atoms with Gasteiger partial charge in [-0.2, -0.15) is 0 Å². The topological polar surface area (TPSA) is 49.8 Å². The van der Waals surface area contributed by atoms with Crippen LogP contribution in [-0.2, 0) is 0 Å². The molecule has 2 aromatic carbocycles. The minimum atomic E-state index is 0.711. The molecule has 0 aliphatic carbocycles. The molecule has 4 nitrogen and oxygen atoms in total. The molecule has 3 rings (SSSR count). The Morgan fingerprint density at radius 2 is 1.52 bits per heavy atom. The van der Waals surface area contributed by atoms with E-state index in [0.29, 0.717) is 5.82 Å². The fourth-order valence-electron chi connectivity index (χ4n) is 2.27. The molecule has 5 heteroatoms. The van der Waals surface area contributed by atoms with Crippen molar-refractivity contribution in [3.05, 3.63) is 70.5 Å². The molecule has 0 spiro atoms. The summed E-state index contributed by atoms with van der Waals surface area (Å²) < 4.78 is 1.06. The number of hydrogen-bond acceptors (Lipinski definition) is 4. The number of halogens is 1. The summed E-state index contributed by atoms with van der Waals surface area (Å²) >= 11 is 3.48. The van der Waals surface area contributed by atoms with Gasteiger partial charge in [-0.05, 0) is 49.7 Å². The summed E-state index contributed by atoms with van der Waals surface area (Å²) in [4.78, 5) is 8.90. The van der Waals surface area contributed by atoms with Crippen LogP contribution in [0.4, 0.5) is 23.0 Å². The summed E-state index contributed by atoms with van der Waals surface area (Å²) in [6.45, 7) is 3.94. The zero-order chi connectivity index (χ0) is 16.2. The normalized spacial score (nSPS) is 10.4. The van der Waals surface area contributed by atoms with Crippen molar-refractivity contribution >= 4 is 38.9 Å². The predicted molar refractivity (Wildman–Crippen MR) is 98.7 cm³/mol. The molecule has 0 aliphatic heterocycles. The zero-order valence-corrected chi connectivity index (χ0v) is 14.6. The molecule has 0 bridgehead atoms. The first-order valence-corrected chi connectivity index (χ1v) is 8.10. The van der Waals surface area contributed by atoms with Crippen molar-refractivity contribution in [3.8, 4) is 0 Å². The van der Waals surface area contributed by atoms with Gasteiger partial charge in [-0.1, -0.05) is 34.1 Å². The highest BCUT2D eigenvalue weighted by Crippen LogP contribution is 2.24. The SMILES string of the molecule is Cc1nc(Nc2ccccc2)cc(Nc2ccc(Br)cc2C)n1. The number of anilines is 4. The van der Waals surface area contributed by atoms with Gasteiger partial charge in [0.1, 0.15) is 17.5 Å². The standard InChI is InChI=1S/C18H17BrN4/c1-12-10-14(19)8-9-16(12)23-18-11-17(20-13(2)21-18)22-15-6-4-3-5-7-15/h3-11H,1-2H3,(H2,20,21,22,23). The molecule has 0 saturated carbocycles. The van der Waals surface area contributed by atoms with Crippen molar-refractivity contribution in [1.82, 2.24) is 9.97 Å². The lowest BCUT2D eigenvalue weighted by molar-refractivity contribution is 1.06. The summed E-state index contributed by atoms with van der Waals surface area (Å²) in [5.74, 6) is 2.24. The van der Waals surface area contributed by atoms with Gasteiger partial charge in [-0.15, -0.1) is 0 Å². The van der Waals surface area contributed by atoms with E-state index in [9.17, 15) is 0 Å². The predicted octanol–water partition coefficient (Wildman–Crippen LogP) is 5.34. The first-order chi connectivity index (χ1) is 11.1. The molecular weight excluding hydrogens is 352 g/mol. The number of aryl methyl sites for hydroxylation is 2. The molecule has 0 saturated heterocycles.